The van der Waals surface area contributed by atoms with Gasteiger partial charge in [0.05, 0.1) is 5.41 Å². The number of carbonyl (C=O) groups excluding carboxylic acids is 1. The minimum atomic E-state index is -0.689. The van der Waals surface area contributed by atoms with Gasteiger partial charge < -0.3 is 0 Å². The molecular formula is C27H22N2O. The molecule has 0 N–H and O–H groups in total. The van der Waals surface area contributed by atoms with E-state index < -0.39 is 5.41 Å². The second-order valence-corrected chi connectivity index (χ2v) is 7.97. The van der Waals surface area contributed by atoms with Gasteiger partial charge in [-0.25, -0.2) is 0 Å². The molecule has 30 heavy (non-hydrogen) atoms. The highest BCUT2D eigenvalue weighted by atomic mass is 16.1. The highest BCUT2D eigenvalue weighted by Crippen LogP contribution is 2.41. The van der Waals surface area contributed by atoms with E-state index in [4.69, 9.17) is 0 Å². The zero-order valence-electron chi connectivity index (χ0n) is 16.7. The molecule has 1 aliphatic carbocycles. The molecule has 1 aliphatic rings. The van der Waals surface area contributed by atoms with Crippen molar-refractivity contribution in [2.45, 2.75) is 24.7 Å². The van der Waals surface area contributed by atoms with Gasteiger partial charge in [0.25, 0.3) is 0 Å². The molecular weight excluding hydrogens is 368 g/mol. The van der Waals surface area contributed by atoms with Crippen molar-refractivity contribution in [3.8, 4) is 0 Å². The van der Waals surface area contributed by atoms with Crippen molar-refractivity contribution >= 4 is 5.78 Å². The molecule has 3 nitrogen and oxygen atoms in total. The average molecular weight is 390 g/mol. The smallest absolute Gasteiger partial charge is 0.174 e. The summed E-state index contributed by atoms with van der Waals surface area (Å²) in [6, 6.07) is 24.5. The third-order valence-corrected chi connectivity index (χ3v) is 6.12. The molecule has 0 saturated carbocycles. The highest BCUT2D eigenvalue weighted by molar-refractivity contribution is 6.06. The fourth-order valence-corrected chi connectivity index (χ4v) is 4.73. The summed E-state index contributed by atoms with van der Waals surface area (Å²) in [5, 5.41) is 0. The molecule has 0 bridgehead atoms. The number of hydrogen-bond donors (Lipinski definition) is 0. The second kappa shape index (κ2) is 7.68. The van der Waals surface area contributed by atoms with Gasteiger partial charge in [0.15, 0.2) is 5.78 Å². The maximum absolute atomic E-state index is 14.3. The van der Waals surface area contributed by atoms with Crippen molar-refractivity contribution in [2.75, 3.05) is 0 Å². The zero-order valence-corrected chi connectivity index (χ0v) is 16.7. The van der Waals surface area contributed by atoms with Crippen molar-refractivity contribution < 1.29 is 4.79 Å². The van der Waals surface area contributed by atoms with Gasteiger partial charge in [0, 0.05) is 30.4 Å². The Morgan fingerprint density at radius 1 is 0.667 bits per heavy atom. The first-order chi connectivity index (χ1) is 14.8. The monoisotopic (exact) mass is 390 g/mol. The number of ketones is 1. The predicted octanol–water partition coefficient (Wildman–Crippen LogP) is 4.99. The molecule has 146 valence electrons. The number of Topliss-reactive ketones (excluding diaryl/α,β-unsaturated/α-hetero) is 1. The van der Waals surface area contributed by atoms with E-state index in [2.05, 4.69) is 40.3 Å². The Balaban J connectivity index is 1.77. The Bertz CT molecular complexity index is 1140. The van der Waals surface area contributed by atoms with Crippen LogP contribution in [0, 0.1) is 0 Å². The summed E-state index contributed by atoms with van der Waals surface area (Å²) in [7, 11) is 0. The average Bonchev–Trinajstić information content (AvgIpc) is 2.89. The number of fused-ring (bicyclic) bond motifs is 2. The molecule has 2 aromatic carbocycles. The first kappa shape index (κ1) is 18.4. The molecule has 5 rings (SSSR count). The van der Waals surface area contributed by atoms with E-state index in [0.717, 1.165) is 34.2 Å². The lowest BCUT2D eigenvalue weighted by Crippen LogP contribution is -2.41. The zero-order chi connectivity index (χ0) is 20.4. The minimum absolute atomic E-state index is 0.191. The fraction of sp³-hybridized carbons (Fsp3) is 0.148. The summed E-state index contributed by atoms with van der Waals surface area (Å²) in [6.45, 7) is 0. The van der Waals surface area contributed by atoms with Crippen LogP contribution in [-0.2, 0) is 24.7 Å². The summed E-state index contributed by atoms with van der Waals surface area (Å²) < 4.78 is 0. The van der Waals surface area contributed by atoms with E-state index in [1.807, 2.05) is 42.5 Å². The number of benzene rings is 2. The number of carbonyl (C=O) groups is 1. The van der Waals surface area contributed by atoms with Gasteiger partial charge in [-0.15, -0.1) is 0 Å². The van der Waals surface area contributed by atoms with Crippen LogP contribution in [0.15, 0.2) is 97.6 Å². The van der Waals surface area contributed by atoms with E-state index in [1.54, 1.807) is 24.8 Å². The van der Waals surface area contributed by atoms with E-state index in [9.17, 15) is 4.79 Å². The van der Waals surface area contributed by atoms with Gasteiger partial charge in [-0.2, -0.15) is 0 Å². The maximum Gasteiger partial charge on any atom is 0.174 e. The SMILES string of the molecule is O=C1c2ccccc2Cc2ccccc2C1(Cc1ccncc1)Cc1ccncc1. The first-order valence-corrected chi connectivity index (χ1v) is 10.3. The molecule has 0 saturated heterocycles. The van der Waals surface area contributed by atoms with E-state index in [1.165, 1.54) is 5.56 Å². The molecule has 4 aromatic rings. The number of nitrogens with zero attached hydrogens (tertiary/aromatic N) is 2. The summed E-state index contributed by atoms with van der Waals surface area (Å²) in [5.41, 5.74) is 5.81. The number of rotatable bonds is 4. The normalized spacial score (nSPS) is 14.5. The topological polar surface area (TPSA) is 42.9 Å². The van der Waals surface area contributed by atoms with Crippen molar-refractivity contribution in [1.29, 1.82) is 0 Å². The summed E-state index contributed by atoms with van der Waals surface area (Å²) in [6.07, 6.45) is 9.23. The summed E-state index contributed by atoms with van der Waals surface area (Å²) in [5.74, 6) is 0.191. The molecule has 2 heterocycles. The third kappa shape index (κ3) is 3.22. The Morgan fingerprint density at radius 3 is 1.83 bits per heavy atom. The van der Waals surface area contributed by atoms with Gasteiger partial charge in [-0.1, -0.05) is 48.5 Å². The molecule has 0 atom stereocenters. The lowest BCUT2D eigenvalue weighted by atomic mass is 9.67. The molecule has 2 aromatic heterocycles. The van der Waals surface area contributed by atoms with E-state index in [-0.39, 0.29) is 5.78 Å². The van der Waals surface area contributed by atoms with Crippen LogP contribution in [0.25, 0.3) is 0 Å². The lowest BCUT2D eigenvalue weighted by Gasteiger charge is -2.34. The number of pyridine rings is 2. The van der Waals surface area contributed by atoms with Crippen LogP contribution in [0.5, 0.6) is 0 Å². The second-order valence-electron chi connectivity index (χ2n) is 7.97. The van der Waals surface area contributed by atoms with Gasteiger partial charge in [-0.3, -0.25) is 14.8 Å². The van der Waals surface area contributed by atoms with Crippen molar-refractivity contribution in [1.82, 2.24) is 9.97 Å². The number of aromatic nitrogens is 2. The van der Waals surface area contributed by atoms with Crippen LogP contribution in [-0.4, -0.2) is 15.8 Å². The molecule has 0 radical (unpaired) electrons. The van der Waals surface area contributed by atoms with E-state index >= 15 is 0 Å². The molecule has 0 unspecified atom stereocenters. The molecule has 0 spiro atoms. The Kier molecular flexibility index (Phi) is 4.72. The van der Waals surface area contributed by atoms with E-state index in [0.29, 0.717) is 12.8 Å². The lowest BCUT2D eigenvalue weighted by molar-refractivity contribution is 0.0880. The van der Waals surface area contributed by atoms with Gasteiger partial charge in [0.1, 0.15) is 0 Å². The predicted molar refractivity (Wildman–Crippen MR) is 118 cm³/mol. The standard InChI is InChI=1S/C27H22N2O/c30-26-24-7-3-1-5-22(24)17-23-6-2-4-8-25(23)27(26,18-20-9-13-28-14-10-20)19-21-11-15-29-16-12-21/h1-16H,17-19H2. The van der Waals surface area contributed by atoms with Gasteiger partial charge in [-0.05, 0) is 71.3 Å². The minimum Gasteiger partial charge on any atom is -0.293 e. The highest BCUT2D eigenvalue weighted by Gasteiger charge is 2.44. The summed E-state index contributed by atoms with van der Waals surface area (Å²) in [4.78, 5) is 22.6. The van der Waals surface area contributed by atoms with Crippen LogP contribution in [0.1, 0.15) is 38.2 Å². The molecule has 3 heteroatoms. The first-order valence-electron chi connectivity index (χ1n) is 10.3. The maximum atomic E-state index is 14.3. The number of hydrogen-bond acceptors (Lipinski definition) is 3. The Hall–Kier alpha value is -3.59. The Labute approximate surface area is 176 Å². The fourth-order valence-electron chi connectivity index (χ4n) is 4.73. The molecule has 0 fully saturated rings. The molecule has 0 amide bonds. The largest absolute Gasteiger partial charge is 0.293 e. The quantitative estimate of drug-likeness (QED) is 0.493. The van der Waals surface area contributed by atoms with Gasteiger partial charge in [0.2, 0.25) is 0 Å². The van der Waals surface area contributed by atoms with Crippen LogP contribution in [0.4, 0.5) is 0 Å². The van der Waals surface area contributed by atoms with Crippen LogP contribution in [0.3, 0.4) is 0 Å². The molecule has 0 aliphatic heterocycles. The summed E-state index contributed by atoms with van der Waals surface area (Å²) >= 11 is 0. The van der Waals surface area contributed by atoms with Crippen molar-refractivity contribution in [2.24, 2.45) is 0 Å². The van der Waals surface area contributed by atoms with Crippen molar-refractivity contribution in [3.63, 3.8) is 0 Å². The Morgan fingerprint density at radius 2 is 1.20 bits per heavy atom. The van der Waals surface area contributed by atoms with Gasteiger partial charge >= 0.3 is 0 Å². The van der Waals surface area contributed by atoms with Crippen molar-refractivity contribution in [3.05, 3.63) is 131 Å². The van der Waals surface area contributed by atoms with Crippen LogP contribution >= 0.6 is 0 Å². The van der Waals surface area contributed by atoms with Crippen LogP contribution in [0.2, 0.25) is 0 Å². The third-order valence-electron chi connectivity index (χ3n) is 6.12. The van der Waals surface area contributed by atoms with Crippen LogP contribution < -0.4 is 0 Å².